The highest BCUT2D eigenvalue weighted by Gasteiger charge is 2.23. The fourth-order valence-electron chi connectivity index (χ4n) is 1.98. The topological polar surface area (TPSA) is 86.6 Å². The summed E-state index contributed by atoms with van der Waals surface area (Å²) in [5.41, 5.74) is 1.31. The van der Waals surface area contributed by atoms with Crippen molar-refractivity contribution in [3.05, 3.63) is 65.2 Å². The van der Waals surface area contributed by atoms with E-state index in [0.29, 0.717) is 5.56 Å². The molecular weight excluding hydrogens is 270 g/mol. The molecule has 0 bridgehead atoms. The number of rotatable bonds is 4. The first-order valence-electron chi connectivity index (χ1n) is 6.37. The maximum Gasteiger partial charge on any atom is 0.330 e. The molecule has 0 fully saturated rings. The van der Waals surface area contributed by atoms with Gasteiger partial charge in [0, 0.05) is 0 Å². The van der Waals surface area contributed by atoms with Gasteiger partial charge in [0.25, 0.3) is 5.91 Å². The van der Waals surface area contributed by atoms with Crippen LogP contribution in [0.5, 0.6) is 5.75 Å². The zero-order chi connectivity index (χ0) is 15.4. The van der Waals surface area contributed by atoms with Crippen LogP contribution >= 0.6 is 0 Å². The van der Waals surface area contributed by atoms with Gasteiger partial charge < -0.3 is 15.5 Å². The minimum Gasteiger partial charge on any atom is -0.507 e. The number of amides is 1. The van der Waals surface area contributed by atoms with Crippen LogP contribution in [0.1, 0.15) is 27.5 Å². The van der Waals surface area contributed by atoms with Crippen molar-refractivity contribution >= 4 is 11.9 Å². The van der Waals surface area contributed by atoms with E-state index in [0.717, 1.165) is 5.56 Å². The van der Waals surface area contributed by atoms with Crippen LogP contribution in [0.15, 0.2) is 48.5 Å². The van der Waals surface area contributed by atoms with Gasteiger partial charge in [0.2, 0.25) is 0 Å². The standard InChI is InChI=1S/C16H15NO4/c1-10-7-8-12(13(18)9-10)15(19)17-14(16(20)21)11-5-3-2-4-6-11/h2-9,14,18H,1H3,(H,17,19)(H,20,21). The molecule has 108 valence electrons. The maximum atomic E-state index is 12.1. The molecule has 0 saturated carbocycles. The molecule has 21 heavy (non-hydrogen) atoms. The molecule has 5 nitrogen and oxygen atoms in total. The minimum absolute atomic E-state index is 0.0442. The highest BCUT2D eigenvalue weighted by molar-refractivity contribution is 5.99. The van der Waals surface area contributed by atoms with E-state index in [1.165, 1.54) is 12.1 Å². The lowest BCUT2D eigenvalue weighted by atomic mass is 10.1. The van der Waals surface area contributed by atoms with E-state index in [1.807, 2.05) is 0 Å². The molecule has 0 radical (unpaired) electrons. The first-order chi connectivity index (χ1) is 9.99. The minimum atomic E-state index is -1.17. The summed E-state index contributed by atoms with van der Waals surface area (Å²) in [7, 11) is 0. The Bertz CT molecular complexity index is 667. The summed E-state index contributed by atoms with van der Waals surface area (Å²) in [4.78, 5) is 23.5. The van der Waals surface area contributed by atoms with E-state index in [1.54, 1.807) is 43.3 Å². The van der Waals surface area contributed by atoms with Crippen LogP contribution in [0.4, 0.5) is 0 Å². The van der Waals surface area contributed by atoms with Gasteiger partial charge in [-0.1, -0.05) is 36.4 Å². The van der Waals surface area contributed by atoms with Gasteiger partial charge in [0.1, 0.15) is 5.75 Å². The Labute approximate surface area is 121 Å². The van der Waals surface area contributed by atoms with Crippen LogP contribution in [-0.4, -0.2) is 22.1 Å². The molecule has 0 heterocycles. The summed E-state index contributed by atoms with van der Waals surface area (Å²) in [6.07, 6.45) is 0. The highest BCUT2D eigenvalue weighted by atomic mass is 16.4. The van der Waals surface area contributed by atoms with Crippen molar-refractivity contribution in [1.29, 1.82) is 0 Å². The molecule has 5 heteroatoms. The number of aromatic hydroxyl groups is 1. The second-order valence-corrected chi connectivity index (χ2v) is 4.68. The van der Waals surface area contributed by atoms with Gasteiger partial charge in [-0.15, -0.1) is 0 Å². The summed E-state index contributed by atoms with van der Waals surface area (Å²) in [6, 6.07) is 11.8. The predicted molar refractivity (Wildman–Crippen MR) is 77.1 cm³/mol. The van der Waals surface area contributed by atoms with E-state index in [4.69, 9.17) is 0 Å². The number of carboxylic acids is 1. The lowest BCUT2D eigenvalue weighted by Crippen LogP contribution is -2.33. The van der Waals surface area contributed by atoms with Crippen molar-refractivity contribution in [2.75, 3.05) is 0 Å². The number of phenols is 1. The number of hydrogen-bond acceptors (Lipinski definition) is 3. The normalized spacial score (nSPS) is 11.7. The largest absolute Gasteiger partial charge is 0.507 e. The van der Waals surface area contributed by atoms with E-state index in [-0.39, 0.29) is 11.3 Å². The summed E-state index contributed by atoms with van der Waals surface area (Å²) in [5, 5.41) is 21.4. The van der Waals surface area contributed by atoms with Gasteiger partial charge in [-0.3, -0.25) is 4.79 Å². The number of phenolic OH excluding ortho intramolecular Hbond substituents is 1. The summed E-state index contributed by atoms with van der Waals surface area (Å²) in [5.74, 6) is -1.98. The molecule has 0 aliphatic heterocycles. The number of nitrogens with one attached hydrogen (secondary N) is 1. The lowest BCUT2D eigenvalue weighted by molar-refractivity contribution is -0.139. The second kappa shape index (κ2) is 6.09. The molecule has 0 aromatic heterocycles. The van der Waals surface area contributed by atoms with Crippen LogP contribution in [0.25, 0.3) is 0 Å². The van der Waals surface area contributed by atoms with E-state index >= 15 is 0 Å². The molecule has 0 spiro atoms. The Hall–Kier alpha value is -2.82. The van der Waals surface area contributed by atoms with E-state index in [2.05, 4.69) is 5.32 Å². The van der Waals surface area contributed by atoms with E-state index in [9.17, 15) is 19.8 Å². The van der Waals surface area contributed by atoms with Crippen LogP contribution in [0.3, 0.4) is 0 Å². The predicted octanol–water partition coefficient (Wildman–Crippen LogP) is 2.26. The third kappa shape index (κ3) is 3.39. The van der Waals surface area contributed by atoms with Crippen molar-refractivity contribution in [3.8, 4) is 5.75 Å². The Morgan fingerprint density at radius 3 is 2.33 bits per heavy atom. The van der Waals surface area contributed by atoms with Crippen LogP contribution < -0.4 is 5.32 Å². The number of aliphatic carboxylic acids is 1. The van der Waals surface area contributed by atoms with Crippen molar-refractivity contribution in [1.82, 2.24) is 5.32 Å². The van der Waals surface area contributed by atoms with Gasteiger partial charge in [-0.2, -0.15) is 0 Å². The highest BCUT2D eigenvalue weighted by Crippen LogP contribution is 2.20. The fourth-order valence-corrected chi connectivity index (χ4v) is 1.98. The molecule has 2 rings (SSSR count). The summed E-state index contributed by atoms with van der Waals surface area (Å²) >= 11 is 0. The molecule has 2 aromatic carbocycles. The number of carboxylic acid groups (broad SMARTS) is 1. The monoisotopic (exact) mass is 285 g/mol. The summed E-state index contributed by atoms with van der Waals surface area (Å²) in [6.45, 7) is 1.78. The fraction of sp³-hybridized carbons (Fsp3) is 0.125. The quantitative estimate of drug-likeness (QED) is 0.804. The Balaban J connectivity index is 2.25. The first-order valence-corrected chi connectivity index (χ1v) is 6.37. The SMILES string of the molecule is Cc1ccc(C(=O)NC(C(=O)O)c2ccccc2)c(O)c1. The second-order valence-electron chi connectivity index (χ2n) is 4.68. The summed E-state index contributed by atoms with van der Waals surface area (Å²) < 4.78 is 0. The average Bonchev–Trinajstić information content (AvgIpc) is 2.45. The third-order valence-electron chi connectivity index (χ3n) is 3.05. The third-order valence-corrected chi connectivity index (χ3v) is 3.05. The van der Waals surface area contributed by atoms with Gasteiger partial charge in [0.05, 0.1) is 5.56 Å². The van der Waals surface area contributed by atoms with Crippen molar-refractivity contribution in [2.24, 2.45) is 0 Å². The van der Waals surface area contributed by atoms with Gasteiger partial charge in [0.15, 0.2) is 6.04 Å². The van der Waals surface area contributed by atoms with Crippen LogP contribution in [0.2, 0.25) is 0 Å². The molecule has 0 aliphatic rings. The number of carbonyl (C=O) groups is 2. The smallest absolute Gasteiger partial charge is 0.330 e. The first kappa shape index (κ1) is 14.6. The zero-order valence-corrected chi connectivity index (χ0v) is 11.4. The maximum absolute atomic E-state index is 12.1. The van der Waals surface area contributed by atoms with Gasteiger partial charge in [-0.05, 0) is 30.2 Å². The Morgan fingerprint density at radius 2 is 1.76 bits per heavy atom. The van der Waals surface area contributed by atoms with Gasteiger partial charge in [-0.25, -0.2) is 4.79 Å². The number of aryl methyl sites for hydroxylation is 1. The molecule has 1 unspecified atom stereocenters. The number of carbonyl (C=O) groups excluding carboxylic acids is 1. The number of hydrogen-bond donors (Lipinski definition) is 3. The van der Waals surface area contributed by atoms with Crippen molar-refractivity contribution in [3.63, 3.8) is 0 Å². The average molecular weight is 285 g/mol. The van der Waals surface area contributed by atoms with Crippen molar-refractivity contribution in [2.45, 2.75) is 13.0 Å². The van der Waals surface area contributed by atoms with Crippen LogP contribution in [-0.2, 0) is 4.79 Å². The van der Waals surface area contributed by atoms with Gasteiger partial charge >= 0.3 is 5.97 Å². The molecule has 3 N–H and O–H groups in total. The molecule has 0 saturated heterocycles. The zero-order valence-electron chi connectivity index (χ0n) is 11.4. The van der Waals surface area contributed by atoms with E-state index < -0.39 is 17.9 Å². The van der Waals surface area contributed by atoms with Crippen molar-refractivity contribution < 1.29 is 19.8 Å². The van der Waals surface area contributed by atoms with Crippen LogP contribution in [0, 0.1) is 6.92 Å². The molecule has 2 aromatic rings. The molecular formula is C16H15NO4. The lowest BCUT2D eigenvalue weighted by Gasteiger charge is -2.15. The number of benzene rings is 2. The Morgan fingerprint density at radius 1 is 1.10 bits per heavy atom. The molecule has 1 atom stereocenters. The molecule has 1 amide bonds. The molecule has 0 aliphatic carbocycles. The Kier molecular flexibility index (Phi) is 4.23.